The number of nitrogens with zero attached hydrogens (tertiary/aromatic N) is 1. The zero-order valence-corrected chi connectivity index (χ0v) is 15.8. The maximum atomic E-state index is 13.5. The standard InChI is InChI=1S/C21H21ClFNO3/c1-25-13-27-21-11-15(22)10-20-18(21)12-19(14-6-8-26-9-7-14)24(20)17-4-2-16(23)3-5-17/h2-5,10-12,14H,6-9,13H2,1H3. The van der Waals surface area contributed by atoms with Gasteiger partial charge in [-0.3, -0.25) is 0 Å². The first-order chi connectivity index (χ1) is 13.2. The summed E-state index contributed by atoms with van der Waals surface area (Å²) >= 11 is 6.37. The Labute approximate surface area is 162 Å². The zero-order valence-electron chi connectivity index (χ0n) is 15.1. The van der Waals surface area contributed by atoms with E-state index in [1.807, 2.05) is 6.07 Å². The van der Waals surface area contributed by atoms with Crippen molar-refractivity contribution in [3.05, 3.63) is 59.0 Å². The van der Waals surface area contributed by atoms with Crippen molar-refractivity contribution >= 4 is 22.5 Å². The zero-order chi connectivity index (χ0) is 18.8. The highest BCUT2D eigenvalue weighted by Crippen LogP contribution is 2.39. The van der Waals surface area contributed by atoms with Gasteiger partial charge in [0.25, 0.3) is 0 Å². The molecular formula is C21H21ClFNO3. The largest absolute Gasteiger partial charge is 0.467 e. The lowest BCUT2D eigenvalue weighted by Gasteiger charge is -2.24. The normalized spacial score (nSPS) is 15.4. The van der Waals surface area contributed by atoms with Crippen LogP contribution in [0.1, 0.15) is 24.5 Å². The molecule has 4 rings (SSSR count). The topological polar surface area (TPSA) is 32.6 Å². The average molecular weight is 390 g/mol. The molecule has 2 heterocycles. The molecule has 0 bridgehead atoms. The van der Waals surface area contributed by atoms with Crippen LogP contribution in [0.3, 0.4) is 0 Å². The Bertz CT molecular complexity index is 933. The van der Waals surface area contributed by atoms with Gasteiger partial charge >= 0.3 is 0 Å². The van der Waals surface area contributed by atoms with Gasteiger partial charge in [-0.05, 0) is 55.3 Å². The third kappa shape index (κ3) is 3.68. The molecule has 1 fully saturated rings. The molecule has 0 radical (unpaired) electrons. The first-order valence-corrected chi connectivity index (χ1v) is 9.35. The van der Waals surface area contributed by atoms with E-state index in [1.165, 1.54) is 12.1 Å². The highest BCUT2D eigenvalue weighted by Gasteiger charge is 2.23. The van der Waals surface area contributed by atoms with Gasteiger partial charge in [-0.25, -0.2) is 4.39 Å². The number of rotatable bonds is 5. The van der Waals surface area contributed by atoms with Crippen LogP contribution in [-0.4, -0.2) is 31.7 Å². The minimum absolute atomic E-state index is 0.143. The fraction of sp³-hybridized carbons (Fsp3) is 0.333. The summed E-state index contributed by atoms with van der Waals surface area (Å²) < 4.78 is 32.0. The van der Waals surface area contributed by atoms with Crippen molar-refractivity contribution in [2.45, 2.75) is 18.8 Å². The van der Waals surface area contributed by atoms with Gasteiger partial charge in [0.2, 0.25) is 0 Å². The molecule has 0 atom stereocenters. The predicted molar refractivity (Wildman–Crippen MR) is 104 cm³/mol. The van der Waals surface area contributed by atoms with Crippen LogP contribution in [0.5, 0.6) is 5.75 Å². The molecule has 0 amide bonds. The fourth-order valence-electron chi connectivity index (χ4n) is 3.67. The van der Waals surface area contributed by atoms with Crippen LogP contribution >= 0.6 is 11.6 Å². The molecule has 0 spiro atoms. The summed E-state index contributed by atoms with van der Waals surface area (Å²) in [5.41, 5.74) is 2.99. The Morgan fingerprint density at radius 1 is 1.15 bits per heavy atom. The van der Waals surface area contributed by atoms with Crippen LogP contribution in [-0.2, 0) is 9.47 Å². The van der Waals surface area contributed by atoms with Crippen molar-refractivity contribution in [3.63, 3.8) is 0 Å². The SMILES string of the molecule is COCOc1cc(Cl)cc2c1cc(C1CCOCC1)n2-c1ccc(F)cc1. The molecule has 0 saturated carbocycles. The van der Waals surface area contributed by atoms with Crippen LogP contribution in [0.4, 0.5) is 4.39 Å². The van der Waals surface area contributed by atoms with Crippen LogP contribution in [0.2, 0.25) is 5.02 Å². The molecule has 3 aromatic rings. The third-order valence-electron chi connectivity index (χ3n) is 4.93. The molecule has 0 N–H and O–H groups in total. The quantitative estimate of drug-likeness (QED) is 0.555. The number of halogens is 2. The van der Waals surface area contributed by atoms with E-state index in [4.69, 9.17) is 25.8 Å². The first-order valence-electron chi connectivity index (χ1n) is 8.97. The second-order valence-electron chi connectivity index (χ2n) is 6.66. The number of hydrogen-bond donors (Lipinski definition) is 0. The fourth-order valence-corrected chi connectivity index (χ4v) is 3.88. The number of methoxy groups -OCH3 is 1. The molecular weight excluding hydrogens is 369 g/mol. The molecule has 1 aliphatic heterocycles. The second-order valence-corrected chi connectivity index (χ2v) is 7.09. The van der Waals surface area contributed by atoms with Crippen molar-refractivity contribution in [2.75, 3.05) is 27.1 Å². The first kappa shape index (κ1) is 18.3. The lowest BCUT2D eigenvalue weighted by atomic mass is 9.96. The number of fused-ring (bicyclic) bond motifs is 1. The monoisotopic (exact) mass is 389 g/mol. The molecule has 1 saturated heterocycles. The van der Waals surface area contributed by atoms with Crippen molar-refractivity contribution in [3.8, 4) is 11.4 Å². The van der Waals surface area contributed by atoms with Gasteiger partial charge in [0.05, 0.1) is 5.52 Å². The lowest BCUT2D eigenvalue weighted by Crippen LogP contribution is -2.16. The number of benzene rings is 2. The number of ether oxygens (including phenoxy) is 3. The Morgan fingerprint density at radius 3 is 2.59 bits per heavy atom. The molecule has 2 aromatic carbocycles. The van der Waals surface area contributed by atoms with Gasteiger partial charge < -0.3 is 18.8 Å². The summed E-state index contributed by atoms with van der Waals surface area (Å²) in [4.78, 5) is 0. The van der Waals surface area contributed by atoms with Crippen LogP contribution in [0.15, 0.2) is 42.5 Å². The lowest BCUT2D eigenvalue weighted by molar-refractivity contribution is 0.0522. The van der Waals surface area contributed by atoms with Gasteiger partial charge in [0.1, 0.15) is 11.6 Å². The maximum Gasteiger partial charge on any atom is 0.188 e. The van der Waals surface area contributed by atoms with E-state index in [-0.39, 0.29) is 12.6 Å². The Morgan fingerprint density at radius 2 is 1.89 bits per heavy atom. The summed E-state index contributed by atoms with van der Waals surface area (Å²) in [6.45, 7) is 1.62. The van der Waals surface area contributed by atoms with Crippen molar-refractivity contribution in [1.82, 2.24) is 4.57 Å². The van der Waals surface area contributed by atoms with E-state index in [2.05, 4.69) is 10.6 Å². The third-order valence-corrected chi connectivity index (χ3v) is 5.15. The Kier molecular flexibility index (Phi) is 5.34. The Hall–Kier alpha value is -2.08. The van der Waals surface area contributed by atoms with Gasteiger partial charge in [0, 0.05) is 48.0 Å². The minimum Gasteiger partial charge on any atom is -0.467 e. The molecule has 1 aromatic heterocycles. The summed E-state index contributed by atoms with van der Waals surface area (Å²) in [5, 5.41) is 1.54. The van der Waals surface area contributed by atoms with Crippen LogP contribution in [0, 0.1) is 5.82 Å². The minimum atomic E-state index is -0.259. The van der Waals surface area contributed by atoms with Gasteiger partial charge in [-0.15, -0.1) is 0 Å². The van der Waals surface area contributed by atoms with Crippen molar-refractivity contribution in [1.29, 1.82) is 0 Å². The van der Waals surface area contributed by atoms with Gasteiger partial charge in [0.15, 0.2) is 6.79 Å². The van der Waals surface area contributed by atoms with E-state index >= 15 is 0 Å². The second kappa shape index (κ2) is 7.89. The van der Waals surface area contributed by atoms with Crippen LogP contribution in [0.25, 0.3) is 16.6 Å². The van der Waals surface area contributed by atoms with Crippen molar-refractivity contribution < 1.29 is 18.6 Å². The van der Waals surface area contributed by atoms with E-state index in [0.717, 1.165) is 48.3 Å². The molecule has 27 heavy (non-hydrogen) atoms. The highest BCUT2D eigenvalue weighted by molar-refractivity contribution is 6.31. The molecule has 0 aliphatic carbocycles. The Balaban J connectivity index is 1.93. The maximum absolute atomic E-state index is 13.5. The predicted octanol–water partition coefficient (Wildman–Crippen LogP) is 5.30. The molecule has 0 unspecified atom stereocenters. The van der Waals surface area contributed by atoms with Gasteiger partial charge in [-0.2, -0.15) is 0 Å². The highest BCUT2D eigenvalue weighted by atomic mass is 35.5. The van der Waals surface area contributed by atoms with E-state index in [1.54, 1.807) is 25.3 Å². The van der Waals surface area contributed by atoms with E-state index in [0.29, 0.717) is 16.7 Å². The summed E-state index contributed by atoms with van der Waals surface area (Å²) in [6, 6.07) is 12.4. The molecule has 1 aliphatic rings. The molecule has 4 nitrogen and oxygen atoms in total. The van der Waals surface area contributed by atoms with E-state index < -0.39 is 0 Å². The molecule has 6 heteroatoms. The number of aromatic nitrogens is 1. The number of hydrogen-bond acceptors (Lipinski definition) is 3. The van der Waals surface area contributed by atoms with Crippen LogP contribution < -0.4 is 4.74 Å². The van der Waals surface area contributed by atoms with Crippen molar-refractivity contribution in [2.24, 2.45) is 0 Å². The summed E-state index contributed by atoms with van der Waals surface area (Å²) in [6.07, 6.45) is 1.89. The van der Waals surface area contributed by atoms with E-state index in [9.17, 15) is 4.39 Å². The summed E-state index contributed by atoms with van der Waals surface area (Å²) in [5.74, 6) is 0.767. The molecule has 142 valence electrons. The average Bonchev–Trinajstić information content (AvgIpc) is 3.07. The smallest absolute Gasteiger partial charge is 0.188 e. The van der Waals surface area contributed by atoms with Gasteiger partial charge in [-0.1, -0.05) is 11.6 Å². The summed E-state index contributed by atoms with van der Waals surface area (Å²) in [7, 11) is 1.58.